The summed E-state index contributed by atoms with van der Waals surface area (Å²) in [7, 11) is 1.76. The van der Waals surface area contributed by atoms with E-state index in [0.717, 1.165) is 50.5 Å². The lowest BCUT2D eigenvalue weighted by atomic mass is 9.84. The predicted octanol–water partition coefficient (Wildman–Crippen LogP) is 4.88. The van der Waals surface area contributed by atoms with Crippen LogP contribution in [0.1, 0.15) is 30.4 Å². The summed E-state index contributed by atoms with van der Waals surface area (Å²) in [6, 6.07) is 18.6. The molecule has 1 aliphatic heterocycles. The minimum atomic E-state index is -0.238. The van der Waals surface area contributed by atoms with Gasteiger partial charge in [-0.1, -0.05) is 54.1 Å². The minimum Gasteiger partial charge on any atom is -0.385 e. The van der Waals surface area contributed by atoms with Crippen molar-refractivity contribution in [1.29, 1.82) is 0 Å². The van der Waals surface area contributed by atoms with Crippen LogP contribution in [0.3, 0.4) is 0 Å². The lowest BCUT2D eigenvalue weighted by molar-refractivity contribution is -0.0997. The summed E-state index contributed by atoms with van der Waals surface area (Å²) in [6.45, 7) is 4.63. The van der Waals surface area contributed by atoms with Gasteiger partial charge in [-0.2, -0.15) is 0 Å². The standard InChI is InChI=1S/C22H28ClNO2/c1-25-17-5-14-24-15-12-22(13-16-24,20-8-10-21(23)11-9-20)26-18-19-6-3-2-4-7-19/h2-4,6-11H,5,12-18H2,1H3. The van der Waals surface area contributed by atoms with Crippen LogP contribution in [0.25, 0.3) is 0 Å². The van der Waals surface area contributed by atoms with Gasteiger partial charge in [0.05, 0.1) is 12.2 Å². The Morgan fingerprint density at radius 1 is 1.00 bits per heavy atom. The van der Waals surface area contributed by atoms with E-state index in [-0.39, 0.29) is 5.60 Å². The van der Waals surface area contributed by atoms with E-state index in [1.807, 2.05) is 18.2 Å². The summed E-state index contributed by atoms with van der Waals surface area (Å²) in [6.07, 6.45) is 3.07. The molecule has 4 heteroatoms. The zero-order valence-corrected chi connectivity index (χ0v) is 16.3. The summed E-state index contributed by atoms with van der Waals surface area (Å²) in [5.74, 6) is 0. The third-order valence-corrected chi connectivity index (χ3v) is 5.47. The van der Waals surface area contributed by atoms with E-state index >= 15 is 0 Å². The van der Waals surface area contributed by atoms with Crippen molar-refractivity contribution in [3.8, 4) is 0 Å². The number of benzene rings is 2. The van der Waals surface area contributed by atoms with Gasteiger partial charge in [0.1, 0.15) is 0 Å². The molecule has 0 radical (unpaired) electrons. The highest BCUT2D eigenvalue weighted by molar-refractivity contribution is 6.30. The monoisotopic (exact) mass is 373 g/mol. The van der Waals surface area contributed by atoms with Crippen LogP contribution in [0, 0.1) is 0 Å². The molecule has 0 N–H and O–H groups in total. The molecule has 26 heavy (non-hydrogen) atoms. The van der Waals surface area contributed by atoms with Gasteiger partial charge < -0.3 is 14.4 Å². The smallest absolute Gasteiger partial charge is 0.0960 e. The fraction of sp³-hybridized carbons (Fsp3) is 0.455. The molecular weight excluding hydrogens is 346 g/mol. The lowest BCUT2D eigenvalue weighted by Crippen LogP contribution is -2.44. The maximum Gasteiger partial charge on any atom is 0.0960 e. The maximum atomic E-state index is 6.56. The molecule has 0 aromatic heterocycles. The highest BCUT2D eigenvalue weighted by atomic mass is 35.5. The molecule has 1 heterocycles. The number of piperidine rings is 1. The van der Waals surface area contributed by atoms with Crippen molar-refractivity contribution >= 4 is 11.6 Å². The zero-order valence-electron chi connectivity index (χ0n) is 15.5. The van der Waals surface area contributed by atoms with E-state index in [4.69, 9.17) is 21.1 Å². The number of rotatable bonds is 8. The van der Waals surface area contributed by atoms with Gasteiger partial charge in [-0.15, -0.1) is 0 Å². The normalized spacial score (nSPS) is 17.3. The van der Waals surface area contributed by atoms with Crippen molar-refractivity contribution < 1.29 is 9.47 Å². The Kier molecular flexibility index (Phi) is 7.09. The second-order valence-corrected chi connectivity index (χ2v) is 7.40. The first-order chi connectivity index (χ1) is 12.7. The first-order valence-corrected chi connectivity index (χ1v) is 9.75. The fourth-order valence-electron chi connectivity index (χ4n) is 3.64. The van der Waals surface area contributed by atoms with Crippen molar-refractivity contribution in [3.63, 3.8) is 0 Å². The van der Waals surface area contributed by atoms with Crippen LogP contribution in [0.15, 0.2) is 54.6 Å². The number of nitrogens with zero attached hydrogens (tertiary/aromatic N) is 1. The Balaban J connectivity index is 1.70. The van der Waals surface area contributed by atoms with Crippen molar-refractivity contribution in [3.05, 3.63) is 70.7 Å². The van der Waals surface area contributed by atoms with E-state index in [2.05, 4.69) is 41.3 Å². The average molecular weight is 374 g/mol. The van der Waals surface area contributed by atoms with Crippen LogP contribution in [0.5, 0.6) is 0 Å². The molecule has 0 spiro atoms. The van der Waals surface area contributed by atoms with Crippen LogP contribution in [-0.2, 0) is 21.7 Å². The molecule has 1 fully saturated rings. The van der Waals surface area contributed by atoms with E-state index < -0.39 is 0 Å². The first-order valence-electron chi connectivity index (χ1n) is 9.37. The van der Waals surface area contributed by atoms with Gasteiger partial charge >= 0.3 is 0 Å². The van der Waals surface area contributed by atoms with Crippen molar-refractivity contribution in [2.45, 2.75) is 31.5 Å². The van der Waals surface area contributed by atoms with Gasteiger partial charge in [-0.25, -0.2) is 0 Å². The molecule has 2 aromatic rings. The van der Waals surface area contributed by atoms with Gasteiger partial charge in [0, 0.05) is 38.4 Å². The third kappa shape index (κ3) is 5.08. The Bertz CT molecular complexity index is 652. The maximum absolute atomic E-state index is 6.56. The van der Waals surface area contributed by atoms with Crippen LogP contribution < -0.4 is 0 Å². The molecule has 1 aliphatic rings. The largest absolute Gasteiger partial charge is 0.385 e. The molecule has 0 amide bonds. The van der Waals surface area contributed by atoms with Crippen LogP contribution in [-0.4, -0.2) is 38.3 Å². The average Bonchev–Trinajstić information content (AvgIpc) is 2.69. The highest BCUT2D eigenvalue weighted by Gasteiger charge is 2.37. The van der Waals surface area contributed by atoms with Gasteiger partial charge in [0.15, 0.2) is 0 Å². The Morgan fingerprint density at radius 2 is 1.69 bits per heavy atom. The molecule has 1 saturated heterocycles. The molecular formula is C22H28ClNO2. The number of ether oxygens (including phenoxy) is 2. The second-order valence-electron chi connectivity index (χ2n) is 6.96. The molecule has 0 saturated carbocycles. The van der Waals surface area contributed by atoms with Crippen LogP contribution >= 0.6 is 11.6 Å². The molecule has 0 aliphatic carbocycles. The third-order valence-electron chi connectivity index (χ3n) is 5.21. The van der Waals surface area contributed by atoms with Gasteiger partial charge in [-0.3, -0.25) is 0 Å². The summed E-state index contributed by atoms with van der Waals surface area (Å²) in [4.78, 5) is 2.51. The summed E-state index contributed by atoms with van der Waals surface area (Å²) >= 11 is 6.10. The molecule has 140 valence electrons. The summed E-state index contributed by atoms with van der Waals surface area (Å²) in [5, 5.41) is 0.768. The lowest BCUT2D eigenvalue weighted by Gasteiger charge is -2.42. The van der Waals surface area contributed by atoms with E-state index in [9.17, 15) is 0 Å². The van der Waals surface area contributed by atoms with Crippen molar-refractivity contribution in [1.82, 2.24) is 4.90 Å². The Labute approximate surface area is 161 Å². The summed E-state index contributed by atoms with van der Waals surface area (Å²) in [5.41, 5.74) is 2.20. The Morgan fingerprint density at radius 3 is 2.35 bits per heavy atom. The van der Waals surface area contributed by atoms with Gasteiger partial charge in [-0.05, 0) is 42.5 Å². The number of hydrogen-bond donors (Lipinski definition) is 0. The first kappa shape index (κ1) is 19.4. The highest BCUT2D eigenvalue weighted by Crippen LogP contribution is 2.38. The van der Waals surface area contributed by atoms with Gasteiger partial charge in [0.25, 0.3) is 0 Å². The molecule has 0 atom stereocenters. The molecule has 3 nitrogen and oxygen atoms in total. The molecule has 3 rings (SSSR count). The molecule has 0 unspecified atom stereocenters. The topological polar surface area (TPSA) is 21.7 Å². The quantitative estimate of drug-likeness (QED) is 0.615. The SMILES string of the molecule is COCCCN1CCC(OCc2ccccc2)(c2ccc(Cl)cc2)CC1. The Hall–Kier alpha value is -1.39. The predicted molar refractivity (Wildman–Crippen MR) is 107 cm³/mol. The number of likely N-dealkylation sites (tertiary alicyclic amines) is 1. The zero-order chi connectivity index (χ0) is 18.2. The second kappa shape index (κ2) is 9.52. The van der Waals surface area contributed by atoms with E-state index in [0.29, 0.717) is 6.61 Å². The van der Waals surface area contributed by atoms with E-state index in [1.165, 1.54) is 11.1 Å². The van der Waals surface area contributed by atoms with Crippen LogP contribution in [0.2, 0.25) is 5.02 Å². The number of hydrogen-bond acceptors (Lipinski definition) is 3. The van der Waals surface area contributed by atoms with Crippen molar-refractivity contribution in [2.24, 2.45) is 0 Å². The number of halogens is 1. The minimum absolute atomic E-state index is 0.238. The summed E-state index contributed by atoms with van der Waals surface area (Å²) < 4.78 is 11.7. The van der Waals surface area contributed by atoms with E-state index in [1.54, 1.807) is 7.11 Å². The molecule has 0 bridgehead atoms. The number of methoxy groups -OCH3 is 1. The fourth-order valence-corrected chi connectivity index (χ4v) is 3.76. The van der Waals surface area contributed by atoms with Gasteiger partial charge in [0.2, 0.25) is 0 Å². The molecule has 2 aromatic carbocycles. The van der Waals surface area contributed by atoms with Crippen molar-refractivity contribution in [2.75, 3.05) is 33.4 Å². The van der Waals surface area contributed by atoms with Crippen LogP contribution in [0.4, 0.5) is 0 Å².